The van der Waals surface area contributed by atoms with Crippen molar-refractivity contribution in [2.45, 2.75) is 41.0 Å². The molecule has 0 aliphatic rings. The maximum Gasteiger partial charge on any atom is 0.255 e. The van der Waals surface area contributed by atoms with Crippen molar-refractivity contribution in [1.29, 1.82) is 0 Å². The quantitative estimate of drug-likeness (QED) is 0.442. The zero-order chi connectivity index (χ0) is 19.6. The number of hydrogen-bond acceptors (Lipinski definition) is 5. The fourth-order valence-electron chi connectivity index (χ4n) is 2.74. The van der Waals surface area contributed by atoms with Crippen molar-refractivity contribution in [2.75, 3.05) is 10.7 Å². The molecule has 0 bridgehead atoms. The van der Waals surface area contributed by atoms with Gasteiger partial charge in [0.1, 0.15) is 0 Å². The van der Waals surface area contributed by atoms with E-state index in [1.54, 1.807) is 11.3 Å². The number of rotatable bonds is 5. The minimum absolute atomic E-state index is 0.105. The Morgan fingerprint density at radius 2 is 1.89 bits per heavy atom. The lowest BCUT2D eigenvalue weighted by Crippen LogP contribution is -2.13. The van der Waals surface area contributed by atoms with Gasteiger partial charge in [-0.05, 0) is 63.4 Å². The number of hydrazone groups is 1. The van der Waals surface area contributed by atoms with Crippen molar-refractivity contribution in [1.82, 2.24) is 4.98 Å². The maximum atomic E-state index is 12.6. The second-order valence-electron chi connectivity index (χ2n) is 6.69. The van der Waals surface area contributed by atoms with Crippen molar-refractivity contribution in [3.63, 3.8) is 0 Å². The standard InChI is InChI=1S/C21H24N4OS/c1-6-14(4)24-25-21-22-17-11-13(3)18(15(5)19(17)27-21)23-20(26)16-9-7-12(2)8-10-16/h7-11H,6H2,1-5H3,(H,22,25)(H,23,26)/b24-14-. The van der Waals surface area contributed by atoms with E-state index in [0.29, 0.717) is 5.56 Å². The Hall–Kier alpha value is -2.73. The molecular formula is C21H24N4OS. The molecule has 0 saturated heterocycles. The molecule has 3 aromatic rings. The third-order valence-corrected chi connectivity index (χ3v) is 5.62. The van der Waals surface area contributed by atoms with E-state index in [1.807, 2.05) is 58.0 Å². The summed E-state index contributed by atoms with van der Waals surface area (Å²) in [6, 6.07) is 9.58. The zero-order valence-electron chi connectivity index (χ0n) is 16.3. The number of amides is 1. The molecule has 3 rings (SSSR count). The van der Waals surface area contributed by atoms with Crippen molar-refractivity contribution >= 4 is 44.0 Å². The fraction of sp³-hybridized carbons (Fsp3) is 0.286. The van der Waals surface area contributed by atoms with Crippen molar-refractivity contribution in [3.05, 3.63) is 52.6 Å². The van der Waals surface area contributed by atoms with Gasteiger partial charge < -0.3 is 5.32 Å². The number of nitrogens with zero attached hydrogens (tertiary/aromatic N) is 2. The number of aromatic nitrogens is 1. The third kappa shape index (κ3) is 4.17. The average molecular weight is 381 g/mol. The molecule has 0 atom stereocenters. The number of aryl methyl sites for hydroxylation is 3. The Balaban J connectivity index is 1.91. The molecule has 5 nitrogen and oxygen atoms in total. The summed E-state index contributed by atoms with van der Waals surface area (Å²) in [7, 11) is 0. The summed E-state index contributed by atoms with van der Waals surface area (Å²) >= 11 is 1.54. The molecule has 1 aromatic heterocycles. The topological polar surface area (TPSA) is 66.4 Å². The molecule has 2 N–H and O–H groups in total. The van der Waals surface area contributed by atoms with Crippen LogP contribution in [0.1, 0.15) is 47.3 Å². The Kier molecular flexibility index (Phi) is 5.56. The van der Waals surface area contributed by atoms with Crippen LogP contribution in [-0.2, 0) is 0 Å². The molecule has 1 heterocycles. The normalized spacial score (nSPS) is 11.7. The van der Waals surface area contributed by atoms with Crippen LogP contribution in [0.25, 0.3) is 10.2 Å². The lowest BCUT2D eigenvalue weighted by molar-refractivity contribution is 0.102. The first kappa shape index (κ1) is 19.0. The van der Waals surface area contributed by atoms with E-state index >= 15 is 0 Å². The number of fused-ring (bicyclic) bond motifs is 1. The van der Waals surface area contributed by atoms with Crippen LogP contribution in [0, 0.1) is 20.8 Å². The van der Waals surface area contributed by atoms with Crippen LogP contribution in [-0.4, -0.2) is 16.6 Å². The summed E-state index contributed by atoms with van der Waals surface area (Å²) in [5, 5.41) is 8.14. The molecule has 0 unspecified atom stereocenters. The second kappa shape index (κ2) is 7.88. The molecule has 140 valence electrons. The minimum atomic E-state index is -0.105. The Morgan fingerprint density at radius 1 is 1.19 bits per heavy atom. The highest BCUT2D eigenvalue weighted by atomic mass is 32.1. The molecule has 2 aromatic carbocycles. The van der Waals surface area contributed by atoms with Crippen molar-refractivity contribution in [3.8, 4) is 0 Å². The predicted molar refractivity (Wildman–Crippen MR) is 115 cm³/mol. The SMILES string of the molecule is CC/C(C)=N\Nc1nc2cc(C)c(NC(=O)c3ccc(C)cc3)c(C)c2s1. The Bertz CT molecular complexity index is 1020. The lowest BCUT2D eigenvalue weighted by Gasteiger charge is -2.12. The summed E-state index contributed by atoms with van der Waals surface area (Å²) in [4.78, 5) is 17.2. The lowest BCUT2D eigenvalue weighted by atomic mass is 10.1. The highest BCUT2D eigenvalue weighted by Crippen LogP contribution is 2.35. The summed E-state index contributed by atoms with van der Waals surface area (Å²) in [6.45, 7) is 10.1. The second-order valence-corrected chi connectivity index (χ2v) is 7.69. The highest BCUT2D eigenvalue weighted by molar-refractivity contribution is 7.22. The molecular weight excluding hydrogens is 356 g/mol. The van der Waals surface area contributed by atoms with E-state index in [2.05, 4.69) is 27.8 Å². The van der Waals surface area contributed by atoms with Crippen LogP contribution in [0.15, 0.2) is 35.4 Å². The highest BCUT2D eigenvalue weighted by Gasteiger charge is 2.15. The summed E-state index contributed by atoms with van der Waals surface area (Å²) in [6.07, 6.45) is 0.894. The summed E-state index contributed by atoms with van der Waals surface area (Å²) < 4.78 is 1.05. The van der Waals surface area contributed by atoms with Crippen LogP contribution in [0.4, 0.5) is 10.8 Å². The summed E-state index contributed by atoms with van der Waals surface area (Å²) in [5.74, 6) is -0.105. The van der Waals surface area contributed by atoms with Gasteiger partial charge in [-0.3, -0.25) is 10.2 Å². The monoisotopic (exact) mass is 380 g/mol. The number of hydrogen-bond donors (Lipinski definition) is 2. The fourth-order valence-corrected chi connectivity index (χ4v) is 3.63. The van der Waals surface area contributed by atoms with Gasteiger partial charge in [0.25, 0.3) is 5.91 Å². The van der Waals surface area contributed by atoms with Crippen LogP contribution >= 0.6 is 11.3 Å². The van der Waals surface area contributed by atoms with E-state index in [4.69, 9.17) is 0 Å². The Labute approximate surface area is 163 Å². The first-order chi connectivity index (χ1) is 12.9. The van der Waals surface area contributed by atoms with E-state index in [9.17, 15) is 4.79 Å². The van der Waals surface area contributed by atoms with Crippen LogP contribution in [0.5, 0.6) is 0 Å². The molecule has 0 spiro atoms. The van der Waals surface area contributed by atoms with Gasteiger partial charge in [-0.1, -0.05) is 36.0 Å². The van der Waals surface area contributed by atoms with E-state index in [1.165, 1.54) is 0 Å². The van der Waals surface area contributed by atoms with Gasteiger partial charge >= 0.3 is 0 Å². The van der Waals surface area contributed by atoms with Crippen LogP contribution in [0.2, 0.25) is 0 Å². The van der Waals surface area contributed by atoms with Gasteiger partial charge in [0.05, 0.1) is 10.2 Å². The van der Waals surface area contributed by atoms with E-state index in [0.717, 1.165) is 49.9 Å². The zero-order valence-corrected chi connectivity index (χ0v) is 17.1. The summed E-state index contributed by atoms with van der Waals surface area (Å²) in [5.41, 5.74) is 9.60. The van der Waals surface area contributed by atoms with E-state index < -0.39 is 0 Å². The molecule has 1 amide bonds. The van der Waals surface area contributed by atoms with Gasteiger partial charge in [-0.25, -0.2) is 4.98 Å². The molecule has 27 heavy (non-hydrogen) atoms. The molecule has 0 aliphatic carbocycles. The molecule has 0 aliphatic heterocycles. The first-order valence-electron chi connectivity index (χ1n) is 8.97. The van der Waals surface area contributed by atoms with Crippen molar-refractivity contribution < 1.29 is 4.79 Å². The van der Waals surface area contributed by atoms with Gasteiger partial charge in [0.2, 0.25) is 5.13 Å². The number of carbonyl (C=O) groups is 1. The number of nitrogens with one attached hydrogen (secondary N) is 2. The predicted octanol–water partition coefficient (Wildman–Crippen LogP) is 5.67. The molecule has 0 saturated carbocycles. The molecule has 6 heteroatoms. The number of thiazole rings is 1. The van der Waals surface area contributed by atoms with E-state index in [-0.39, 0.29) is 5.91 Å². The molecule has 0 radical (unpaired) electrons. The maximum absolute atomic E-state index is 12.6. The third-order valence-electron chi connectivity index (χ3n) is 4.52. The number of carbonyl (C=O) groups excluding carboxylic acids is 1. The van der Waals surface area contributed by atoms with Crippen molar-refractivity contribution in [2.24, 2.45) is 5.10 Å². The number of benzene rings is 2. The largest absolute Gasteiger partial charge is 0.321 e. The van der Waals surface area contributed by atoms with Crippen LogP contribution in [0.3, 0.4) is 0 Å². The smallest absolute Gasteiger partial charge is 0.255 e. The van der Waals surface area contributed by atoms with Crippen LogP contribution < -0.4 is 10.7 Å². The van der Waals surface area contributed by atoms with Gasteiger partial charge in [-0.15, -0.1) is 0 Å². The van der Waals surface area contributed by atoms with Gasteiger partial charge in [0, 0.05) is 17.0 Å². The molecule has 0 fully saturated rings. The average Bonchev–Trinajstić information content (AvgIpc) is 3.06. The first-order valence-corrected chi connectivity index (χ1v) is 9.78. The number of anilines is 2. The van der Waals surface area contributed by atoms with Gasteiger partial charge in [-0.2, -0.15) is 5.10 Å². The van der Waals surface area contributed by atoms with Gasteiger partial charge in [0.15, 0.2) is 0 Å². The Morgan fingerprint density at radius 3 is 2.56 bits per heavy atom. The minimum Gasteiger partial charge on any atom is -0.321 e.